The molecular formula is C17H23NO2. The van der Waals surface area contributed by atoms with Crippen LogP contribution in [-0.2, 0) is 9.47 Å². The topological polar surface area (TPSA) is 21.7 Å². The van der Waals surface area contributed by atoms with Gasteiger partial charge in [0.05, 0.1) is 13.2 Å². The summed E-state index contributed by atoms with van der Waals surface area (Å²) in [5.74, 6) is 0.990. The van der Waals surface area contributed by atoms with Gasteiger partial charge in [-0.1, -0.05) is 38.6 Å². The molecule has 1 saturated heterocycles. The molecule has 3 heteroatoms. The maximum atomic E-state index is 5.53. The molecule has 3 nitrogen and oxygen atoms in total. The third-order valence-electron chi connectivity index (χ3n) is 4.21. The lowest BCUT2D eigenvalue weighted by molar-refractivity contribution is -0.0446. The van der Waals surface area contributed by atoms with E-state index in [0.717, 1.165) is 26.2 Å². The van der Waals surface area contributed by atoms with Gasteiger partial charge in [0.25, 0.3) is 0 Å². The monoisotopic (exact) mass is 273 g/mol. The van der Waals surface area contributed by atoms with E-state index in [4.69, 9.17) is 9.47 Å². The number of rotatable bonds is 4. The van der Waals surface area contributed by atoms with Crippen LogP contribution in [0.1, 0.15) is 31.7 Å². The van der Waals surface area contributed by atoms with Crippen molar-refractivity contribution in [1.82, 2.24) is 0 Å². The molecule has 2 aliphatic rings. The Bertz CT molecular complexity index is 492. The van der Waals surface area contributed by atoms with E-state index in [0.29, 0.717) is 11.8 Å². The second-order valence-corrected chi connectivity index (χ2v) is 5.88. The summed E-state index contributed by atoms with van der Waals surface area (Å²) in [5, 5.41) is 0. The van der Waals surface area contributed by atoms with Gasteiger partial charge in [0.2, 0.25) is 0 Å². The number of para-hydroxylation sites is 1. The van der Waals surface area contributed by atoms with Gasteiger partial charge in [-0.25, -0.2) is 0 Å². The van der Waals surface area contributed by atoms with Crippen molar-refractivity contribution in [3.8, 4) is 0 Å². The first-order chi connectivity index (χ1) is 9.68. The molecule has 20 heavy (non-hydrogen) atoms. The van der Waals surface area contributed by atoms with Crippen LogP contribution in [-0.4, -0.2) is 26.0 Å². The zero-order valence-electron chi connectivity index (χ0n) is 12.3. The molecule has 2 heterocycles. The average Bonchev–Trinajstić information content (AvgIpc) is 3.01. The first-order valence-electron chi connectivity index (χ1n) is 7.47. The van der Waals surface area contributed by atoms with Gasteiger partial charge in [0.15, 0.2) is 6.29 Å². The lowest BCUT2D eigenvalue weighted by atomic mass is 9.88. The van der Waals surface area contributed by atoms with Gasteiger partial charge >= 0.3 is 0 Å². The van der Waals surface area contributed by atoms with Gasteiger partial charge in [-0.05, 0) is 17.5 Å². The van der Waals surface area contributed by atoms with Gasteiger partial charge in [-0.2, -0.15) is 0 Å². The first-order valence-corrected chi connectivity index (χ1v) is 7.47. The highest BCUT2D eigenvalue weighted by Crippen LogP contribution is 2.46. The number of benzene rings is 1. The van der Waals surface area contributed by atoms with E-state index >= 15 is 0 Å². The van der Waals surface area contributed by atoms with Crippen LogP contribution >= 0.6 is 0 Å². The number of hydrogen-bond acceptors (Lipinski definition) is 3. The summed E-state index contributed by atoms with van der Waals surface area (Å²) in [6.07, 6.45) is 0.839. The zero-order chi connectivity index (χ0) is 14.1. The summed E-state index contributed by atoms with van der Waals surface area (Å²) in [4.78, 5) is 2.34. The Labute approximate surface area is 121 Å². The van der Waals surface area contributed by atoms with E-state index in [9.17, 15) is 0 Å². The molecule has 0 aliphatic carbocycles. The van der Waals surface area contributed by atoms with E-state index < -0.39 is 0 Å². The fourth-order valence-corrected chi connectivity index (χ4v) is 3.31. The van der Waals surface area contributed by atoms with Gasteiger partial charge in [-0.3, -0.25) is 0 Å². The second-order valence-electron chi connectivity index (χ2n) is 5.88. The lowest BCUT2D eigenvalue weighted by Crippen LogP contribution is -2.25. The maximum Gasteiger partial charge on any atom is 0.159 e. The van der Waals surface area contributed by atoms with Crippen LogP contribution < -0.4 is 4.90 Å². The van der Waals surface area contributed by atoms with Crippen molar-refractivity contribution >= 4 is 5.69 Å². The highest BCUT2D eigenvalue weighted by Gasteiger charge is 2.34. The molecule has 1 aromatic rings. The molecule has 0 bridgehead atoms. The molecule has 3 rings (SSSR count). The van der Waals surface area contributed by atoms with E-state index in [1.165, 1.54) is 16.9 Å². The van der Waals surface area contributed by atoms with E-state index in [-0.39, 0.29) is 6.29 Å². The Hall–Kier alpha value is -1.32. The Morgan fingerprint density at radius 2 is 1.95 bits per heavy atom. The Morgan fingerprint density at radius 3 is 2.65 bits per heavy atom. The molecular weight excluding hydrogens is 250 g/mol. The van der Waals surface area contributed by atoms with Crippen molar-refractivity contribution in [1.29, 1.82) is 0 Å². The molecule has 1 aromatic carbocycles. The molecule has 108 valence electrons. The average molecular weight is 273 g/mol. The normalized spacial score (nSPS) is 22.9. The smallest absolute Gasteiger partial charge is 0.159 e. The van der Waals surface area contributed by atoms with Crippen LogP contribution in [0.2, 0.25) is 0 Å². The van der Waals surface area contributed by atoms with Crippen molar-refractivity contribution in [3.05, 3.63) is 42.1 Å². The molecule has 1 fully saturated rings. The molecule has 2 aliphatic heterocycles. The summed E-state index contributed by atoms with van der Waals surface area (Å²) in [6, 6.07) is 8.64. The molecule has 0 aromatic heterocycles. The molecule has 0 N–H and O–H groups in total. The number of ether oxygens (including phenoxy) is 2. The van der Waals surface area contributed by atoms with Gasteiger partial charge in [0.1, 0.15) is 0 Å². The quantitative estimate of drug-likeness (QED) is 0.837. The van der Waals surface area contributed by atoms with Crippen molar-refractivity contribution in [2.45, 2.75) is 32.5 Å². The number of fused-ring (bicyclic) bond motifs is 1. The molecule has 0 saturated carbocycles. The predicted octanol–water partition coefficient (Wildman–Crippen LogP) is 3.52. The van der Waals surface area contributed by atoms with E-state index in [1.54, 1.807) is 0 Å². The van der Waals surface area contributed by atoms with Crippen LogP contribution in [0.3, 0.4) is 0 Å². The number of nitrogens with zero attached hydrogens (tertiary/aromatic N) is 1. The van der Waals surface area contributed by atoms with Crippen LogP contribution in [0.4, 0.5) is 5.69 Å². The van der Waals surface area contributed by atoms with Gasteiger partial charge in [0, 0.05) is 30.3 Å². The summed E-state index contributed by atoms with van der Waals surface area (Å²) in [7, 11) is 0. The third-order valence-corrected chi connectivity index (χ3v) is 4.21. The fraction of sp³-hybridized carbons (Fsp3) is 0.529. The van der Waals surface area contributed by atoms with Crippen LogP contribution in [0.5, 0.6) is 0 Å². The van der Waals surface area contributed by atoms with Crippen molar-refractivity contribution in [3.63, 3.8) is 0 Å². The van der Waals surface area contributed by atoms with Crippen molar-refractivity contribution < 1.29 is 9.47 Å². The zero-order valence-corrected chi connectivity index (χ0v) is 12.3. The minimum absolute atomic E-state index is 0.0481. The van der Waals surface area contributed by atoms with Crippen LogP contribution in [0.15, 0.2) is 36.5 Å². The Balaban J connectivity index is 1.78. The number of hydrogen-bond donors (Lipinski definition) is 0. The lowest BCUT2D eigenvalue weighted by Gasteiger charge is -2.24. The van der Waals surface area contributed by atoms with Gasteiger partial charge in [-0.15, -0.1) is 0 Å². The largest absolute Gasteiger partial charge is 0.350 e. The fourth-order valence-electron chi connectivity index (χ4n) is 3.31. The highest BCUT2D eigenvalue weighted by molar-refractivity contribution is 5.67. The number of anilines is 1. The molecule has 0 amide bonds. The molecule has 1 atom stereocenters. The summed E-state index contributed by atoms with van der Waals surface area (Å²) < 4.78 is 11.1. The predicted molar refractivity (Wildman–Crippen MR) is 80.8 cm³/mol. The van der Waals surface area contributed by atoms with E-state index in [1.807, 2.05) is 0 Å². The second kappa shape index (κ2) is 5.58. The summed E-state index contributed by atoms with van der Waals surface area (Å²) >= 11 is 0. The van der Waals surface area contributed by atoms with Crippen LogP contribution in [0.25, 0.3) is 0 Å². The highest BCUT2D eigenvalue weighted by atomic mass is 16.7. The van der Waals surface area contributed by atoms with E-state index in [2.05, 4.69) is 49.6 Å². The number of allylic oxidation sites excluding steroid dienone is 1. The van der Waals surface area contributed by atoms with Crippen molar-refractivity contribution in [2.75, 3.05) is 24.7 Å². The Kier molecular flexibility index (Phi) is 3.81. The Morgan fingerprint density at radius 1 is 1.25 bits per heavy atom. The maximum absolute atomic E-state index is 5.53. The standard InChI is InChI=1S/C17H23NO2/c1-12(2)17-13(3)18(9-8-16-19-10-11-20-16)15-7-5-4-6-14(15)17/h4-7,12,16-17H,3,8-11H2,1-2H3/t17-/m1/s1. The first kappa shape index (κ1) is 13.7. The minimum Gasteiger partial charge on any atom is -0.350 e. The SMILES string of the molecule is C=C1[C@@H](C(C)C)c2ccccc2N1CCC1OCCO1. The summed E-state index contributed by atoms with van der Waals surface area (Å²) in [5.41, 5.74) is 3.91. The molecule has 0 unspecified atom stereocenters. The van der Waals surface area contributed by atoms with Crippen molar-refractivity contribution in [2.24, 2.45) is 5.92 Å². The molecule has 0 radical (unpaired) electrons. The molecule has 0 spiro atoms. The third kappa shape index (κ3) is 2.36. The van der Waals surface area contributed by atoms with Gasteiger partial charge < -0.3 is 14.4 Å². The minimum atomic E-state index is -0.0481. The van der Waals surface area contributed by atoms with Crippen LogP contribution in [0, 0.1) is 5.92 Å². The summed E-state index contributed by atoms with van der Waals surface area (Å²) in [6.45, 7) is 11.2.